The number of benzene rings is 3. The van der Waals surface area contributed by atoms with Crippen molar-refractivity contribution < 1.29 is 37.7 Å². The van der Waals surface area contributed by atoms with E-state index in [1.807, 2.05) is 6.92 Å². The van der Waals surface area contributed by atoms with Crippen molar-refractivity contribution in [2.45, 2.75) is 26.5 Å². The molecular formula is C30H28ClFN2O7. The highest BCUT2D eigenvalue weighted by molar-refractivity contribution is 6.33. The number of carbonyl (C=O) groups excluding carboxylic acids is 3. The van der Waals surface area contributed by atoms with Gasteiger partial charge in [0, 0.05) is 0 Å². The third kappa shape index (κ3) is 6.96. The lowest BCUT2D eigenvalue weighted by Gasteiger charge is -2.26. The molecule has 0 bridgehead atoms. The van der Waals surface area contributed by atoms with Crippen LogP contribution in [0.5, 0.6) is 23.0 Å². The Balaban J connectivity index is 1.56. The number of ether oxygens (including phenoxy) is 4. The average Bonchev–Trinajstić information content (AvgIpc) is 2.96. The number of amides is 4. The zero-order valence-corrected chi connectivity index (χ0v) is 23.4. The van der Waals surface area contributed by atoms with Crippen LogP contribution in [0, 0.1) is 5.82 Å². The second-order valence-corrected chi connectivity index (χ2v) is 9.40. The van der Waals surface area contributed by atoms with Crippen molar-refractivity contribution in [3.05, 3.63) is 87.7 Å². The maximum Gasteiger partial charge on any atom is 0.331 e. The lowest BCUT2D eigenvalue weighted by atomic mass is 10.1. The first kappa shape index (κ1) is 29.4. The maximum absolute atomic E-state index is 13.3. The van der Waals surface area contributed by atoms with Crippen LogP contribution < -0.4 is 24.3 Å². The van der Waals surface area contributed by atoms with E-state index in [-0.39, 0.29) is 41.1 Å². The summed E-state index contributed by atoms with van der Waals surface area (Å²) in [5.41, 5.74) is 1.41. The molecule has 0 aliphatic carbocycles. The monoisotopic (exact) mass is 582 g/mol. The molecule has 0 atom stereocenters. The van der Waals surface area contributed by atoms with Gasteiger partial charge in [-0.2, -0.15) is 0 Å². The topological polar surface area (TPSA) is 103 Å². The van der Waals surface area contributed by atoms with Crippen LogP contribution in [-0.2, 0) is 22.7 Å². The molecule has 3 aromatic carbocycles. The van der Waals surface area contributed by atoms with Crippen molar-refractivity contribution in [2.75, 3.05) is 20.8 Å². The van der Waals surface area contributed by atoms with Crippen LogP contribution >= 0.6 is 11.6 Å². The summed E-state index contributed by atoms with van der Waals surface area (Å²) in [6.07, 6.45) is 2.14. The average molecular weight is 583 g/mol. The number of rotatable bonds is 11. The van der Waals surface area contributed by atoms with Crippen LogP contribution in [0.3, 0.4) is 0 Å². The van der Waals surface area contributed by atoms with E-state index in [0.29, 0.717) is 34.8 Å². The third-order valence-electron chi connectivity index (χ3n) is 6.08. The summed E-state index contributed by atoms with van der Waals surface area (Å²) >= 11 is 6.46. The number of methoxy groups -OCH3 is 2. The van der Waals surface area contributed by atoms with Gasteiger partial charge < -0.3 is 18.9 Å². The van der Waals surface area contributed by atoms with Crippen molar-refractivity contribution in [3.8, 4) is 23.0 Å². The van der Waals surface area contributed by atoms with Gasteiger partial charge in [-0.05, 0) is 65.6 Å². The van der Waals surface area contributed by atoms with Crippen molar-refractivity contribution in [2.24, 2.45) is 0 Å². The van der Waals surface area contributed by atoms with Gasteiger partial charge in [0.15, 0.2) is 23.0 Å². The SMILES string of the molecule is CCCOc1ccc(CN2C(=O)NC(=O)/C(=C\c3cc(Cl)c(OCc4ccc(F)cc4)c(OC)c3)C2=O)cc1OC. The normalized spacial score (nSPS) is 14.2. The lowest BCUT2D eigenvalue weighted by molar-refractivity contribution is -0.130. The fourth-order valence-electron chi connectivity index (χ4n) is 4.03. The largest absolute Gasteiger partial charge is 0.493 e. The summed E-state index contributed by atoms with van der Waals surface area (Å²) in [7, 11) is 2.91. The molecule has 11 heteroatoms. The van der Waals surface area contributed by atoms with E-state index in [0.717, 1.165) is 11.3 Å². The molecule has 0 spiro atoms. The number of nitrogens with zero attached hydrogens (tertiary/aromatic N) is 1. The van der Waals surface area contributed by atoms with E-state index in [1.54, 1.807) is 36.4 Å². The van der Waals surface area contributed by atoms with Crippen molar-refractivity contribution >= 4 is 35.5 Å². The minimum Gasteiger partial charge on any atom is -0.493 e. The van der Waals surface area contributed by atoms with E-state index in [4.69, 9.17) is 30.5 Å². The van der Waals surface area contributed by atoms with E-state index >= 15 is 0 Å². The van der Waals surface area contributed by atoms with E-state index in [2.05, 4.69) is 5.32 Å². The number of hydrogen-bond donors (Lipinski definition) is 1. The van der Waals surface area contributed by atoms with Gasteiger partial charge in [-0.15, -0.1) is 0 Å². The van der Waals surface area contributed by atoms with Crippen molar-refractivity contribution in [1.82, 2.24) is 10.2 Å². The molecule has 0 radical (unpaired) electrons. The molecule has 1 heterocycles. The predicted octanol–water partition coefficient (Wildman–Crippen LogP) is 5.53. The second-order valence-electron chi connectivity index (χ2n) is 8.99. The second kappa shape index (κ2) is 13.2. The Morgan fingerprint density at radius 3 is 2.29 bits per heavy atom. The minimum atomic E-state index is -0.845. The third-order valence-corrected chi connectivity index (χ3v) is 6.36. The maximum atomic E-state index is 13.3. The number of hydrogen-bond acceptors (Lipinski definition) is 7. The smallest absolute Gasteiger partial charge is 0.331 e. The van der Waals surface area contributed by atoms with Crippen LogP contribution in [0.1, 0.15) is 30.0 Å². The van der Waals surface area contributed by atoms with Gasteiger partial charge in [-0.1, -0.05) is 36.7 Å². The molecular weight excluding hydrogens is 555 g/mol. The van der Waals surface area contributed by atoms with E-state index in [1.165, 1.54) is 38.5 Å². The number of barbiturate groups is 1. The predicted molar refractivity (Wildman–Crippen MR) is 150 cm³/mol. The standard InChI is InChI=1S/C30H28ClFN2O7/c1-4-11-40-24-10-7-19(14-25(24)38-2)16-34-29(36)22(28(35)33-30(34)37)12-20-13-23(31)27(26(15-20)39-3)41-17-18-5-8-21(32)9-6-18/h5-10,12-15H,4,11,16-17H2,1-3H3,(H,33,35,37)/b22-12+. The summed E-state index contributed by atoms with van der Waals surface area (Å²) in [5.74, 6) is -0.509. The van der Waals surface area contributed by atoms with E-state index in [9.17, 15) is 18.8 Å². The van der Waals surface area contributed by atoms with Crippen LogP contribution in [0.4, 0.5) is 9.18 Å². The van der Waals surface area contributed by atoms with Gasteiger partial charge in [0.05, 0.1) is 32.4 Å². The summed E-state index contributed by atoms with van der Waals surface area (Å²) in [4.78, 5) is 39.5. The molecule has 0 unspecified atom stereocenters. The Morgan fingerprint density at radius 2 is 1.61 bits per heavy atom. The van der Waals surface area contributed by atoms with Gasteiger partial charge in [0.1, 0.15) is 18.0 Å². The minimum absolute atomic E-state index is 0.102. The number of imide groups is 2. The number of halogens is 2. The van der Waals surface area contributed by atoms with Crippen LogP contribution in [0.2, 0.25) is 5.02 Å². The Morgan fingerprint density at radius 1 is 0.902 bits per heavy atom. The zero-order chi connectivity index (χ0) is 29.5. The molecule has 3 aromatic rings. The van der Waals surface area contributed by atoms with Gasteiger partial charge in [0.2, 0.25) is 0 Å². The molecule has 4 rings (SSSR count). The van der Waals surface area contributed by atoms with Gasteiger partial charge in [-0.25, -0.2) is 9.18 Å². The molecule has 1 aliphatic heterocycles. The summed E-state index contributed by atoms with van der Waals surface area (Å²) < 4.78 is 35.5. The number of urea groups is 1. The first-order chi connectivity index (χ1) is 19.7. The Labute approximate surface area is 241 Å². The molecule has 9 nitrogen and oxygen atoms in total. The summed E-state index contributed by atoms with van der Waals surface area (Å²) in [6, 6.07) is 13.1. The van der Waals surface area contributed by atoms with Crippen LogP contribution in [-0.4, -0.2) is 43.6 Å². The molecule has 4 amide bonds. The Bertz CT molecular complexity index is 1490. The first-order valence-corrected chi connectivity index (χ1v) is 13.0. The van der Waals surface area contributed by atoms with Gasteiger partial charge in [-0.3, -0.25) is 19.8 Å². The van der Waals surface area contributed by atoms with Gasteiger partial charge in [0.25, 0.3) is 11.8 Å². The fraction of sp³-hybridized carbons (Fsp3) is 0.233. The summed E-state index contributed by atoms with van der Waals surface area (Å²) in [5, 5.41) is 2.36. The van der Waals surface area contributed by atoms with E-state index < -0.39 is 17.8 Å². The van der Waals surface area contributed by atoms with Crippen molar-refractivity contribution in [1.29, 1.82) is 0 Å². The molecule has 0 aromatic heterocycles. The highest BCUT2D eigenvalue weighted by atomic mass is 35.5. The molecule has 0 saturated carbocycles. The molecule has 214 valence electrons. The zero-order valence-electron chi connectivity index (χ0n) is 22.7. The van der Waals surface area contributed by atoms with Crippen molar-refractivity contribution in [3.63, 3.8) is 0 Å². The Kier molecular flexibility index (Phi) is 9.46. The Hall–Kier alpha value is -4.57. The quantitative estimate of drug-likeness (QED) is 0.234. The molecule has 1 aliphatic rings. The molecule has 1 saturated heterocycles. The first-order valence-electron chi connectivity index (χ1n) is 12.7. The summed E-state index contributed by atoms with van der Waals surface area (Å²) in [6.45, 7) is 2.48. The highest BCUT2D eigenvalue weighted by Crippen LogP contribution is 2.38. The lowest BCUT2D eigenvalue weighted by Crippen LogP contribution is -2.53. The number of nitrogens with one attached hydrogen (secondary N) is 1. The number of carbonyl (C=O) groups is 3. The van der Waals surface area contributed by atoms with Gasteiger partial charge >= 0.3 is 6.03 Å². The van der Waals surface area contributed by atoms with Crippen LogP contribution in [0.15, 0.2) is 60.2 Å². The van der Waals surface area contributed by atoms with Crippen LogP contribution in [0.25, 0.3) is 6.08 Å². The molecule has 41 heavy (non-hydrogen) atoms. The molecule has 1 N–H and O–H groups in total. The molecule has 1 fully saturated rings. The highest BCUT2D eigenvalue weighted by Gasteiger charge is 2.36. The fourth-order valence-corrected chi connectivity index (χ4v) is 4.30.